The molecule has 2 aromatic carbocycles. The van der Waals surface area contributed by atoms with Gasteiger partial charge in [-0.25, -0.2) is 0 Å². The molecule has 1 saturated carbocycles. The van der Waals surface area contributed by atoms with Crippen molar-refractivity contribution in [2.75, 3.05) is 41.5 Å². The van der Waals surface area contributed by atoms with Crippen molar-refractivity contribution in [2.24, 2.45) is 0 Å². The minimum absolute atomic E-state index is 0.0398. The largest absolute Gasteiger partial charge is 0.504 e. The molecular formula is C30H37N3O4. The summed E-state index contributed by atoms with van der Waals surface area (Å²) in [5.41, 5.74) is 7.13. The van der Waals surface area contributed by atoms with Gasteiger partial charge in [-0.15, -0.1) is 0 Å². The molecule has 196 valence electrons. The number of aromatic nitrogens is 1. The van der Waals surface area contributed by atoms with E-state index in [2.05, 4.69) is 46.5 Å². The minimum Gasteiger partial charge on any atom is -0.504 e. The molecule has 37 heavy (non-hydrogen) atoms. The van der Waals surface area contributed by atoms with E-state index in [-0.39, 0.29) is 17.1 Å². The second kappa shape index (κ2) is 8.13. The van der Waals surface area contributed by atoms with Crippen molar-refractivity contribution in [3.05, 3.63) is 52.2 Å². The minimum atomic E-state index is -0.290. The van der Waals surface area contributed by atoms with E-state index in [1.54, 1.807) is 14.2 Å². The molecule has 2 spiro atoms. The maximum absolute atomic E-state index is 11.5. The van der Waals surface area contributed by atoms with Gasteiger partial charge in [0.25, 0.3) is 0 Å². The Morgan fingerprint density at radius 3 is 2.70 bits per heavy atom. The summed E-state index contributed by atoms with van der Waals surface area (Å²) >= 11 is 0. The highest BCUT2D eigenvalue weighted by Gasteiger charge is 2.58. The third-order valence-corrected chi connectivity index (χ3v) is 10.1. The van der Waals surface area contributed by atoms with Gasteiger partial charge in [0, 0.05) is 59.9 Å². The van der Waals surface area contributed by atoms with Crippen LogP contribution in [0.3, 0.4) is 0 Å². The number of nitrogens with zero attached hydrogens (tertiary/aromatic N) is 1. The fourth-order valence-electron chi connectivity index (χ4n) is 8.31. The van der Waals surface area contributed by atoms with Crippen LogP contribution in [0.5, 0.6) is 17.2 Å². The summed E-state index contributed by atoms with van der Waals surface area (Å²) in [4.78, 5) is 6.26. The summed E-state index contributed by atoms with van der Waals surface area (Å²) in [7, 11) is 7.45. The Hall–Kier alpha value is -2.74. The molecule has 3 aromatic rings. The third kappa shape index (κ3) is 3.05. The molecule has 1 aromatic heterocycles. The summed E-state index contributed by atoms with van der Waals surface area (Å²) in [6.07, 6.45) is 5.72. The fourth-order valence-corrected chi connectivity index (χ4v) is 8.31. The van der Waals surface area contributed by atoms with Crippen molar-refractivity contribution >= 4 is 10.9 Å². The average Bonchev–Trinajstić information content (AvgIpc) is 3.47. The molecule has 2 aliphatic carbocycles. The lowest BCUT2D eigenvalue weighted by Gasteiger charge is -2.52. The molecule has 0 radical (unpaired) electrons. The number of likely N-dealkylation sites (N-methyl/N-ethyl adjacent to an activating group) is 1. The predicted octanol–water partition coefficient (Wildman–Crippen LogP) is 4.30. The summed E-state index contributed by atoms with van der Waals surface area (Å²) in [6.45, 7) is 1.95. The number of rotatable bonds is 3. The lowest BCUT2D eigenvalue weighted by Crippen LogP contribution is -2.60. The Labute approximate surface area is 218 Å². The number of nitrogens with one attached hydrogen (secondary N) is 2. The highest BCUT2D eigenvalue weighted by Crippen LogP contribution is 2.63. The SMILES string of the molecule is COc1ccc2c3c([nH]c2c1)[C@]1(CC[C@@]2(C[C@H]4c5c(cc(OC)c(O)c52)CCN4C)C[C@H]1OC)NCC3. The molecule has 1 fully saturated rings. The maximum Gasteiger partial charge on any atom is 0.161 e. The molecule has 0 bridgehead atoms. The summed E-state index contributed by atoms with van der Waals surface area (Å²) in [6, 6.07) is 8.74. The monoisotopic (exact) mass is 503 g/mol. The van der Waals surface area contributed by atoms with Gasteiger partial charge in [0.05, 0.1) is 25.9 Å². The lowest BCUT2D eigenvalue weighted by molar-refractivity contribution is -0.0482. The number of methoxy groups -OCH3 is 3. The van der Waals surface area contributed by atoms with Crippen molar-refractivity contribution in [1.82, 2.24) is 15.2 Å². The first kappa shape index (κ1) is 23.4. The van der Waals surface area contributed by atoms with Crippen molar-refractivity contribution in [2.45, 2.75) is 61.6 Å². The summed E-state index contributed by atoms with van der Waals surface area (Å²) in [5, 5.41) is 16.7. The highest BCUT2D eigenvalue weighted by molar-refractivity contribution is 5.86. The van der Waals surface area contributed by atoms with Gasteiger partial charge in [-0.05, 0) is 80.5 Å². The first-order valence-corrected chi connectivity index (χ1v) is 13.5. The van der Waals surface area contributed by atoms with E-state index in [4.69, 9.17) is 14.2 Å². The van der Waals surface area contributed by atoms with Crippen LogP contribution in [0.2, 0.25) is 0 Å². The number of fused-ring (bicyclic) bond motifs is 5. The van der Waals surface area contributed by atoms with E-state index in [0.29, 0.717) is 17.5 Å². The molecule has 7 heteroatoms. The van der Waals surface area contributed by atoms with Crippen LogP contribution in [0.25, 0.3) is 10.9 Å². The van der Waals surface area contributed by atoms with Gasteiger partial charge >= 0.3 is 0 Å². The van der Waals surface area contributed by atoms with Crippen LogP contribution in [-0.2, 0) is 28.5 Å². The molecule has 3 N–H and O–H groups in total. The van der Waals surface area contributed by atoms with Crippen LogP contribution in [0.4, 0.5) is 0 Å². The van der Waals surface area contributed by atoms with E-state index < -0.39 is 0 Å². The zero-order valence-corrected chi connectivity index (χ0v) is 22.2. The molecule has 0 saturated heterocycles. The summed E-state index contributed by atoms with van der Waals surface area (Å²) < 4.78 is 17.6. The molecule has 4 aliphatic rings. The second-order valence-corrected chi connectivity index (χ2v) is 11.6. The Morgan fingerprint density at radius 2 is 1.92 bits per heavy atom. The van der Waals surface area contributed by atoms with Crippen LogP contribution >= 0.6 is 0 Å². The van der Waals surface area contributed by atoms with Crippen molar-refractivity contribution in [3.63, 3.8) is 0 Å². The first-order valence-electron chi connectivity index (χ1n) is 13.5. The zero-order chi connectivity index (χ0) is 25.5. The van der Waals surface area contributed by atoms with E-state index in [1.165, 1.54) is 27.8 Å². The number of aromatic hydroxyl groups is 1. The topological polar surface area (TPSA) is 79.0 Å². The van der Waals surface area contributed by atoms with Crippen molar-refractivity contribution in [1.29, 1.82) is 0 Å². The number of hydrogen-bond donors (Lipinski definition) is 3. The number of ether oxygens (including phenoxy) is 3. The van der Waals surface area contributed by atoms with E-state index in [1.807, 2.05) is 7.11 Å². The Kier molecular flexibility index (Phi) is 5.14. The quantitative estimate of drug-likeness (QED) is 0.495. The lowest BCUT2D eigenvalue weighted by atomic mass is 9.61. The van der Waals surface area contributed by atoms with Gasteiger partial charge in [-0.2, -0.15) is 0 Å². The number of H-pyrrole nitrogens is 1. The van der Waals surface area contributed by atoms with Gasteiger partial charge in [0.2, 0.25) is 0 Å². The zero-order valence-electron chi connectivity index (χ0n) is 22.2. The van der Waals surface area contributed by atoms with Gasteiger partial charge in [-0.1, -0.05) is 0 Å². The van der Waals surface area contributed by atoms with Gasteiger partial charge in [-0.3, -0.25) is 4.90 Å². The third-order valence-electron chi connectivity index (χ3n) is 10.1. The Balaban J connectivity index is 1.35. The van der Waals surface area contributed by atoms with E-state index >= 15 is 0 Å². The average molecular weight is 504 g/mol. The van der Waals surface area contributed by atoms with Crippen LogP contribution in [0.1, 0.15) is 59.7 Å². The van der Waals surface area contributed by atoms with Gasteiger partial charge in [0.1, 0.15) is 5.75 Å². The highest BCUT2D eigenvalue weighted by atomic mass is 16.5. The second-order valence-electron chi connectivity index (χ2n) is 11.6. The molecule has 0 amide bonds. The van der Waals surface area contributed by atoms with Crippen LogP contribution in [0.15, 0.2) is 24.3 Å². The van der Waals surface area contributed by atoms with Gasteiger partial charge in [0.15, 0.2) is 11.5 Å². The molecular weight excluding hydrogens is 466 g/mol. The van der Waals surface area contributed by atoms with Crippen LogP contribution < -0.4 is 14.8 Å². The molecule has 3 heterocycles. The van der Waals surface area contributed by atoms with E-state index in [0.717, 1.165) is 68.4 Å². The predicted molar refractivity (Wildman–Crippen MR) is 143 cm³/mol. The van der Waals surface area contributed by atoms with Crippen LogP contribution in [-0.4, -0.2) is 62.6 Å². The number of phenols is 1. The van der Waals surface area contributed by atoms with E-state index in [9.17, 15) is 5.11 Å². The molecule has 0 unspecified atom stereocenters. The maximum atomic E-state index is 11.5. The molecule has 7 nitrogen and oxygen atoms in total. The fraction of sp³-hybridized carbons (Fsp3) is 0.533. The normalized spacial score (nSPS) is 30.6. The number of aromatic amines is 1. The molecule has 7 rings (SSSR count). The Bertz CT molecular complexity index is 1400. The number of phenolic OH excluding ortho intramolecular Hbond substituents is 1. The van der Waals surface area contributed by atoms with Crippen molar-refractivity contribution in [3.8, 4) is 17.2 Å². The molecule has 2 aliphatic heterocycles. The first-order chi connectivity index (χ1) is 17.9. The Morgan fingerprint density at radius 1 is 1.05 bits per heavy atom. The number of hydrogen-bond acceptors (Lipinski definition) is 6. The van der Waals surface area contributed by atoms with Gasteiger partial charge < -0.3 is 29.6 Å². The molecule has 4 atom stereocenters. The summed E-state index contributed by atoms with van der Waals surface area (Å²) in [5.74, 6) is 1.80. The van der Waals surface area contributed by atoms with Crippen LogP contribution in [0, 0.1) is 0 Å². The standard InChI is InChI=1S/C30H37N3O4/c1-33-12-8-17-13-23(36-3)27(34)26-25(17)22(33)15-29(26)9-10-30(24(16-29)37-4)28-20(7-11-31-30)19-6-5-18(35-2)14-21(19)32-28/h5-6,13-14,22,24,31-32,34H,7-12,15-16H2,1-4H3/t22-,24+,29+,30+/m0/s1. The smallest absolute Gasteiger partial charge is 0.161 e. The number of benzene rings is 2. The van der Waals surface area contributed by atoms with Crippen molar-refractivity contribution < 1.29 is 19.3 Å².